The summed E-state index contributed by atoms with van der Waals surface area (Å²) in [6.07, 6.45) is 7.12. The van der Waals surface area contributed by atoms with Gasteiger partial charge in [-0.2, -0.15) is 0 Å². The number of rotatable bonds is 4. The summed E-state index contributed by atoms with van der Waals surface area (Å²) < 4.78 is 10.9. The number of hydrogen-bond acceptors (Lipinski definition) is 4. The minimum absolute atomic E-state index is 0.0730. The third kappa shape index (κ3) is 3.09. The van der Waals surface area contributed by atoms with Gasteiger partial charge < -0.3 is 14.8 Å². The van der Waals surface area contributed by atoms with Gasteiger partial charge in [-0.3, -0.25) is 9.78 Å². The van der Waals surface area contributed by atoms with E-state index in [2.05, 4.69) is 10.3 Å². The van der Waals surface area contributed by atoms with Crippen LogP contribution in [0.15, 0.2) is 24.4 Å². The van der Waals surface area contributed by atoms with Crippen molar-refractivity contribution in [2.75, 3.05) is 19.5 Å². The zero-order chi connectivity index (χ0) is 16.2. The number of hydrogen-bond donors (Lipinski definition) is 1. The van der Waals surface area contributed by atoms with E-state index in [-0.39, 0.29) is 11.8 Å². The number of aromatic nitrogens is 1. The average molecular weight is 314 g/mol. The van der Waals surface area contributed by atoms with Crippen molar-refractivity contribution < 1.29 is 14.3 Å². The van der Waals surface area contributed by atoms with Crippen molar-refractivity contribution in [3.63, 3.8) is 0 Å². The highest BCUT2D eigenvalue weighted by molar-refractivity contribution is 6.04. The van der Waals surface area contributed by atoms with Gasteiger partial charge in [-0.05, 0) is 25.0 Å². The lowest BCUT2D eigenvalue weighted by molar-refractivity contribution is -0.120. The summed E-state index contributed by atoms with van der Waals surface area (Å²) >= 11 is 0. The standard InChI is InChI=1S/C18H22N2O3/c1-22-15-11-14(20-18(21)12-7-4-3-5-8-12)16-13(17(15)23-2)9-6-10-19-16/h6,9-12H,3-5,7-8H2,1-2H3,(H,20,21). The quantitative estimate of drug-likeness (QED) is 0.933. The number of ether oxygens (including phenoxy) is 2. The molecule has 0 unspecified atom stereocenters. The normalized spacial score (nSPS) is 15.4. The molecule has 0 aliphatic heterocycles. The Hall–Kier alpha value is -2.30. The topological polar surface area (TPSA) is 60.5 Å². The van der Waals surface area contributed by atoms with Crippen molar-refractivity contribution in [1.29, 1.82) is 0 Å². The molecule has 0 spiro atoms. The molecule has 1 aromatic heterocycles. The predicted molar refractivity (Wildman–Crippen MR) is 90.1 cm³/mol. The Bertz CT molecular complexity index is 709. The minimum atomic E-state index is 0.0730. The lowest BCUT2D eigenvalue weighted by atomic mass is 9.88. The van der Waals surface area contributed by atoms with E-state index in [0.717, 1.165) is 31.1 Å². The van der Waals surface area contributed by atoms with Gasteiger partial charge in [-0.15, -0.1) is 0 Å². The van der Waals surface area contributed by atoms with Gasteiger partial charge in [-0.1, -0.05) is 19.3 Å². The molecule has 1 N–H and O–H groups in total. The number of pyridine rings is 1. The Balaban J connectivity index is 1.98. The number of anilines is 1. The molecular weight excluding hydrogens is 292 g/mol. The van der Waals surface area contributed by atoms with Crippen molar-refractivity contribution in [1.82, 2.24) is 4.98 Å². The number of benzene rings is 1. The maximum atomic E-state index is 12.6. The van der Waals surface area contributed by atoms with Gasteiger partial charge in [-0.25, -0.2) is 0 Å². The third-order valence-corrected chi connectivity index (χ3v) is 4.46. The molecule has 1 amide bonds. The second-order valence-corrected chi connectivity index (χ2v) is 5.88. The molecular formula is C18H22N2O3. The molecule has 122 valence electrons. The maximum Gasteiger partial charge on any atom is 0.227 e. The van der Waals surface area contributed by atoms with Crippen LogP contribution < -0.4 is 14.8 Å². The first-order valence-corrected chi connectivity index (χ1v) is 8.05. The first-order valence-electron chi connectivity index (χ1n) is 8.05. The highest BCUT2D eigenvalue weighted by atomic mass is 16.5. The summed E-state index contributed by atoms with van der Waals surface area (Å²) in [5, 5.41) is 3.87. The molecule has 1 aromatic carbocycles. The smallest absolute Gasteiger partial charge is 0.227 e. The van der Waals surface area contributed by atoms with Gasteiger partial charge in [0, 0.05) is 23.6 Å². The second-order valence-electron chi connectivity index (χ2n) is 5.88. The monoisotopic (exact) mass is 314 g/mol. The van der Waals surface area contributed by atoms with E-state index < -0.39 is 0 Å². The lowest BCUT2D eigenvalue weighted by Crippen LogP contribution is -2.24. The Kier molecular flexibility index (Phi) is 4.65. The first kappa shape index (κ1) is 15.6. The molecule has 0 bridgehead atoms. The van der Waals surface area contributed by atoms with Gasteiger partial charge in [0.2, 0.25) is 5.91 Å². The van der Waals surface area contributed by atoms with Crippen LogP contribution >= 0.6 is 0 Å². The first-order chi connectivity index (χ1) is 11.2. The largest absolute Gasteiger partial charge is 0.493 e. The van der Waals surface area contributed by atoms with Crippen LogP contribution in [0.5, 0.6) is 11.5 Å². The van der Waals surface area contributed by atoms with Crippen molar-refractivity contribution in [2.24, 2.45) is 5.92 Å². The minimum Gasteiger partial charge on any atom is -0.493 e. The predicted octanol–water partition coefficient (Wildman–Crippen LogP) is 3.77. The highest BCUT2D eigenvalue weighted by Crippen LogP contribution is 2.39. The molecule has 1 saturated carbocycles. The van der Waals surface area contributed by atoms with Crippen LogP contribution in [0.25, 0.3) is 10.9 Å². The van der Waals surface area contributed by atoms with Crippen molar-refractivity contribution in [2.45, 2.75) is 32.1 Å². The lowest BCUT2D eigenvalue weighted by Gasteiger charge is -2.21. The average Bonchev–Trinajstić information content (AvgIpc) is 2.62. The van der Waals surface area contributed by atoms with Gasteiger partial charge in [0.25, 0.3) is 0 Å². The van der Waals surface area contributed by atoms with Gasteiger partial charge >= 0.3 is 0 Å². The SMILES string of the molecule is COc1cc(NC(=O)C2CCCCC2)c2ncccc2c1OC. The highest BCUT2D eigenvalue weighted by Gasteiger charge is 2.23. The summed E-state index contributed by atoms with van der Waals surface area (Å²) in [5.74, 6) is 1.39. The molecule has 1 aliphatic carbocycles. The summed E-state index contributed by atoms with van der Waals surface area (Å²) in [7, 11) is 3.19. The second kappa shape index (κ2) is 6.86. The van der Waals surface area contributed by atoms with Gasteiger partial charge in [0.1, 0.15) is 0 Å². The van der Waals surface area contributed by atoms with E-state index in [1.165, 1.54) is 6.42 Å². The molecule has 2 aromatic rings. The van der Waals surface area contributed by atoms with Crippen LogP contribution in [0, 0.1) is 5.92 Å². The van der Waals surface area contributed by atoms with E-state index in [1.54, 1.807) is 26.5 Å². The Morgan fingerprint density at radius 2 is 2.00 bits per heavy atom. The number of nitrogens with zero attached hydrogens (tertiary/aromatic N) is 1. The van der Waals surface area contributed by atoms with Crippen LogP contribution in [0.1, 0.15) is 32.1 Å². The molecule has 0 atom stereocenters. The van der Waals surface area contributed by atoms with Crippen molar-refractivity contribution in [3.05, 3.63) is 24.4 Å². The van der Waals surface area contributed by atoms with Crippen molar-refractivity contribution in [3.8, 4) is 11.5 Å². The Morgan fingerprint density at radius 1 is 1.22 bits per heavy atom. The van der Waals surface area contributed by atoms with E-state index in [1.807, 2.05) is 12.1 Å². The molecule has 0 saturated heterocycles. The molecule has 1 aliphatic rings. The molecule has 5 heteroatoms. The van der Waals surface area contributed by atoms with E-state index in [4.69, 9.17) is 9.47 Å². The molecule has 3 rings (SSSR count). The van der Waals surface area contributed by atoms with Gasteiger partial charge in [0.15, 0.2) is 11.5 Å². The van der Waals surface area contributed by atoms with E-state index in [9.17, 15) is 4.79 Å². The summed E-state index contributed by atoms with van der Waals surface area (Å²) in [4.78, 5) is 17.0. The summed E-state index contributed by atoms with van der Waals surface area (Å²) in [5.41, 5.74) is 1.39. The molecule has 5 nitrogen and oxygen atoms in total. The third-order valence-electron chi connectivity index (χ3n) is 4.46. The Labute approximate surface area is 136 Å². The number of fused-ring (bicyclic) bond motifs is 1. The van der Waals surface area contributed by atoms with E-state index in [0.29, 0.717) is 22.7 Å². The zero-order valence-corrected chi connectivity index (χ0v) is 13.6. The fraction of sp³-hybridized carbons (Fsp3) is 0.444. The summed E-state index contributed by atoms with van der Waals surface area (Å²) in [6.45, 7) is 0. The number of carbonyl (C=O) groups is 1. The number of methoxy groups -OCH3 is 2. The maximum absolute atomic E-state index is 12.6. The molecule has 1 heterocycles. The van der Waals surface area contributed by atoms with Crippen LogP contribution in [-0.4, -0.2) is 25.1 Å². The van der Waals surface area contributed by atoms with Crippen LogP contribution in [-0.2, 0) is 4.79 Å². The fourth-order valence-corrected chi connectivity index (χ4v) is 3.26. The molecule has 1 fully saturated rings. The summed E-state index contributed by atoms with van der Waals surface area (Å²) in [6, 6.07) is 5.55. The van der Waals surface area contributed by atoms with E-state index >= 15 is 0 Å². The van der Waals surface area contributed by atoms with Crippen molar-refractivity contribution >= 4 is 22.5 Å². The van der Waals surface area contributed by atoms with Gasteiger partial charge in [0.05, 0.1) is 25.4 Å². The number of carbonyl (C=O) groups excluding carboxylic acids is 1. The Morgan fingerprint density at radius 3 is 2.70 bits per heavy atom. The fourth-order valence-electron chi connectivity index (χ4n) is 3.26. The van der Waals surface area contributed by atoms with Crippen LogP contribution in [0.3, 0.4) is 0 Å². The number of nitrogens with one attached hydrogen (secondary N) is 1. The molecule has 0 radical (unpaired) electrons. The van der Waals surface area contributed by atoms with Crippen LogP contribution in [0.4, 0.5) is 5.69 Å². The van der Waals surface area contributed by atoms with Crippen LogP contribution in [0.2, 0.25) is 0 Å². The molecule has 23 heavy (non-hydrogen) atoms. The zero-order valence-electron chi connectivity index (χ0n) is 13.6. The number of amides is 1.